The molecule has 0 amide bonds. The van der Waals surface area contributed by atoms with E-state index in [1.54, 1.807) is 0 Å². The van der Waals surface area contributed by atoms with Crippen LogP contribution in [0.15, 0.2) is 18.2 Å². The highest BCUT2D eigenvalue weighted by molar-refractivity contribution is 5.35. The van der Waals surface area contributed by atoms with E-state index in [0.717, 1.165) is 36.9 Å². The van der Waals surface area contributed by atoms with E-state index in [1.807, 2.05) is 13.0 Å². The van der Waals surface area contributed by atoms with Gasteiger partial charge in [-0.3, -0.25) is 0 Å². The van der Waals surface area contributed by atoms with Gasteiger partial charge >= 0.3 is 0 Å². The average molecular weight is 277 g/mol. The fraction of sp³-hybridized carbons (Fsp3) is 0.647. The molecule has 2 atom stereocenters. The topological polar surface area (TPSA) is 32.7 Å². The highest BCUT2D eigenvalue weighted by atomic mass is 16.5. The molecule has 1 aromatic rings. The fourth-order valence-corrected chi connectivity index (χ4v) is 2.85. The second-order valence-electron chi connectivity index (χ2n) is 6.24. The van der Waals surface area contributed by atoms with Crippen LogP contribution >= 0.6 is 0 Å². The Morgan fingerprint density at radius 2 is 2.20 bits per heavy atom. The summed E-state index contributed by atoms with van der Waals surface area (Å²) in [6, 6.07) is 6.17. The number of aliphatic hydroxyl groups is 1. The van der Waals surface area contributed by atoms with E-state index in [1.165, 1.54) is 18.4 Å². The molecule has 1 heterocycles. The van der Waals surface area contributed by atoms with Gasteiger partial charge in [0.05, 0.1) is 0 Å². The third-order valence-electron chi connectivity index (χ3n) is 3.98. The number of likely N-dealkylation sites (tertiary alicyclic amines) is 1. The standard InChI is InChI=1S/C17H27NO2/c1-13-6-7-15(3)17(9-13)20-12-16(19)11-18-8-4-5-14(2)10-18/h6-7,9,14,16,19H,4-5,8,10-12H2,1-3H3/t14-,16-/m0/s1. The minimum atomic E-state index is -0.416. The molecule has 0 aliphatic carbocycles. The second kappa shape index (κ2) is 7.09. The molecule has 0 aromatic heterocycles. The van der Waals surface area contributed by atoms with E-state index in [2.05, 4.69) is 30.9 Å². The zero-order valence-electron chi connectivity index (χ0n) is 12.9. The van der Waals surface area contributed by atoms with Gasteiger partial charge in [0.1, 0.15) is 18.5 Å². The number of aliphatic hydroxyl groups excluding tert-OH is 1. The van der Waals surface area contributed by atoms with E-state index >= 15 is 0 Å². The molecular formula is C17H27NO2. The van der Waals surface area contributed by atoms with Gasteiger partial charge in [0.2, 0.25) is 0 Å². The van der Waals surface area contributed by atoms with Crippen molar-refractivity contribution < 1.29 is 9.84 Å². The number of β-amino-alcohol motifs (C(OH)–C–C–N with tert-alkyl or cyclic N) is 1. The Hall–Kier alpha value is -1.06. The Bertz CT molecular complexity index is 433. The van der Waals surface area contributed by atoms with Gasteiger partial charge in [0, 0.05) is 13.1 Å². The van der Waals surface area contributed by atoms with Crippen LogP contribution in [-0.2, 0) is 0 Å². The Labute approximate surface area is 122 Å². The Morgan fingerprint density at radius 1 is 1.40 bits per heavy atom. The summed E-state index contributed by atoms with van der Waals surface area (Å²) >= 11 is 0. The predicted molar refractivity (Wildman–Crippen MR) is 82.3 cm³/mol. The number of benzene rings is 1. The number of ether oxygens (including phenoxy) is 1. The van der Waals surface area contributed by atoms with E-state index in [-0.39, 0.29) is 0 Å². The summed E-state index contributed by atoms with van der Waals surface area (Å²) in [5.41, 5.74) is 2.30. The van der Waals surface area contributed by atoms with Gasteiger partial charge in [0.15, 0.2) is 0 Å². The summed E-state index contributed by atoms with van der Waals surface area (Å²) < 4.78 is 5.77. The third kappa shape index (κ3) is 4.50. The SMILES string of the molecule is Cc1ccc(C)c(OC[C@@H](O)CN2CCC[C@H](C)C2)c1. The van der Waals surface area contributed by atoms with Crippen LogP contribution in [0.5, 0.6) is 5.75 Å². The van der Waals surface area contributed by atoms with Crippen molar-refractivity contribution in [1.82, 2.24) is 4.90 Å². The molecule has 0 radical (unpaired) electrons. The van der Waals surface area contributed by atoms with Crippen LogP contribution in [0.3, 0.4) is 0 Å². The molecule has 1 aliphatic rings. The molecule has 1 N–H and O–H groups in total. The van der Waals surface area contributed by atoms with Gasteiger partial charge in [-0.05, 0) is 56.3 Å². The summed E-state index contributed by atoms with van der Waals surface area (Å²) in [7, 11) is 0. The van der Waals surface area contributed by atoms with Crippen molar-refractivity contribution in [3.05, 3.63) is 29.3 Å². The number of rotatable bonds is 5. The van der Waals surface area contributed by atoms with Gasteiger partial charge in [-0.15, -0.1) is 0 Å². The van der Waals surface area contributed by atoms with Gasteiger partial charge < -0.3 is 14.7 Å². The summed E-state index contributed by atoms with van der Waals surface area (Å²) in [6.45, 7) is 9.66. The minimum Gasteiger partial charge on any atom is -0.491 e. The molecule has 0 bridgehead atoms. The number of hydrogen-bond donors (Lipinski definition) is 1. The van der Waals surface area contributed by atoms with Gasteiger partial charge in [-0.25, -0.2) is 0 Å². The lowest BCUT2D eigenvalue weighted by molar-refractivity contribution is 0.0535. The van der Waals surface area contributed by atoms with Crippen LogP contribution in [0.2, 0.25) is 0 Å². The summed E-state index contributed by atoms with van der Waals surface area (Å²) in [5, 5.41) is 10.1. The van der Waals surface area contributed by atoms with Crippen LogP contribution in [0, 0.1) is 19.8 Å². The number of hydrogen-bond acceptors (Lipinski definition) is 3. The second-order valence-corrected chi connectivity index (χ2v) is 6.24. The summed E-state index contributed by atoms with van der Waals surface area (Å²) in [6.07, 6.45) is 2.14. The third-order valence-corrected chi connectivity index (χ3v) is 3.98. The van der Waals surface area contributed by atoms with Crippen molar-refractivity contribution in [2.24, 2.45) is 5.92 Å². The van der Waals surface area contributed by atoms with E-state index in [4.69, 9.17) is 4.74 Å². The van der Waals surface area contributed by atoms with E-state index < -0.39 is 6.10 Å². The molecular weight excluding hydrogens is 250 g/mol. The van der Waals surface area contributed by atoms with Crippen LogP contribution in [0.4, 0.5) is 0 Å². The van der Waals surface area contributed by atoms with Crippen LogP contribution < -0.4 is 4.74 Å². The zero-order chi connectivity index (χ0) is 14.5. The fourth-order valence-electron chi connectivity index (χ4n) is 2.85. The van der Waals surface area contributed by atoms with Gasteiger partial charge in [-0.2, -0.15) is 0 Å². The van der Waals surface area contributed by atoms with Crippen LogP contribution in [0.25, 0.3) is 0 Å². The smallest absolute Gasteiger partial charge is 0.122 e. The molecule has 1 saturated heterocycles. The first-order valence-corrected chi connectivity index (χ1v) is 7.65. The van der Waals surface area contributed by atoms with Crippen molar-refractivity contribution in [2.75, 3.05) is 26.2 Å². The lowest BCUT2D eigenvalue weighted by Gasteiger charge is -2.32. The maximum absolute atomic E-state index is 10.1. The molecule has 1 fully saturated rings. The first-order valence-electron chi connectivity index (χ1n) is 7.65. The maximum Gasteiger partial charge on any atom is 0.122 e. The van der Waals surface area contributed by atoms with Crippen molar-refractivity contribution in [3.63, 3.8) is 0 Å². The normalized spacial score (nSPS) is 21.7. The van der Waals surface area contributed by atoms with Crippen molar-refractivity contribution in [2.45, 2.75) is 39.7 Å². The van der Waals surface area contributed by atoms with Crippen molar-refractivity contribution in [1.29, 1.82) is 0 Å². The molecule has 3 heteroatoms. The molecule has 1 aliphatic heterocycles. The number of nitrogens with zero attached hydrogens (tertiary/aromatic N) is 1. The average Bonchev–Trinajstić information content (AvgIpc) is 2.40. The highest BCUT2D eigenvalue weighted by Gasteiger charge is 2.19. The van der Waals surface area contributed by atoms with E-state index in [0.29, 0.717) is 6.61 Å². The molecule has 2 rings (SSSR count). The Morgan fingerprint density at radius 3 is 2.95 bits per heavy atom. The van der Waals surface area contributed by atoms with Crippen LogP contribution in [0.1, 0.15) is 30.9 Å². The molecule has 112 valence electrons. The van der Waals surface area contributed by atoms with Crippen molar-refractivity contribution in [3.8, 4) is 5.75 Å². The van der Waals surface area contributed by atoms with Gasteiger partial charge in [0.25, 0.3) is 0 Å². The maximum atomic E-state index is 10.1. The largest absolute Gasteiger partial charge is 0.491 e. The molecule has 0 unspecified atom stereocenters. The Balaban J connectivity index is 1.79. The number of piperidine rings is 1. The lowest BCUT2D eigenvalue weighted by atomic mass is 10.0. The molecule has 3 nitrogen and oxygen atoms in total. The van der Waals surface area contributed by atoms with Crippen molar-refractivity contribution >= 4 is 0 Å². The van der Waals surface area contributed by atoms with E-state index in [9.17, 15) is 5.11 Å². The first-order chi connectivity index (χ1) is 9.54. The highest BCUT2D eigenvalue weighted by Crippen LogP contribution is 2.20. The van der Waals surface area contributed by atoms with Gasteiger partial charge in [-0.1, -0.05) is 19.1 Å². The quantitative estimate of drug-likeness (QED) is 0.898. The molecule has 0 saturated carbocycles. The summed E-state index contributed by atoms with van der Waals surface area (Å²) in [4.78, 5) is 2.35. The predicted octanol–water partition coefficient (Wildman–Crippen LogP) is 2.78. The number of aryl methyl sites for hydroxylation is 2. The zero-order valence-corrected chi connectivity index (χ0v) is 12.9. The molecule has 0 spiro atoms. The first kappa shape index (κ1) is 15.3. The minimum absolute atomic E-state index is 0.370. The summed E-state index contributed by atoms with van der Waals surface area (Å²) in [5.74, 6) is 1.63. The molecule has 20 heavy (non-hydrogen) atoms. The molecule has 1 aromatic carbocycles. The Kier molecular flexibility index (Phi) is 5.44. The lowest BCUT2D eigenvalue weighted by Crippen LogP contribution is -2.41. The monoisotopic (exact) mass is 277 g/mol. The van der Waals surface area contributed by atoms with Crippen LogP contribution in [-0.4, -0.2) is 42.4 Å².